The molecule has 0 aliphatic carbocycles. The van der Waals surface area contributed by atoms with Gasteiger partial charge in [0.15, 0.2) is 0 Å². The van der Waals surface area contributed by atoms with Crippen molar-refractivity contribution in [1.82, 2.24) is 10.2 Å². The van der Waals surface area contributed by atoms with Crippen LogP contribution in [-0.2, 0) is 4.79 Å². The second-order valence-corrected chi connectivity index (χ2v) is 4.62. The highest BCUT2D eigenvalue weighted by Gasteiger charge is 2.29. The van der Waals surface area contributed by atoms with E-state index in [1.165, 1.54) is 4.90 Å². The molecule has 1 heterocycles. The SMILES string of the molecule is CCN1C(=O)CNC1c1ccc(SC)cc1. The maximum absolute atomic E-state index is 11.6. The Bertz CT molecular complexity index is 377. The Hall–Kier alpha value is -1.00. The summed E-state index contributed by atoms with van der Waals surface area (Å²) < 4.78 is 0. The molecule has 16 heavy (non-hydrogen) atoms. The summed E-state index contributed by atoms with van der Waals surface area (Å²) in [5.74, 6) is 0.182. The fraction of sp³-hybridized carbons (Fsp3) is 0.417. The van der Waals surface area contributed by atoms with E-state index in [0.717, 1.165) is 12.1 Å². The lowest BCUT2D eigenvalue weighted by Gasteiger charge is -2.23. The van der Waals surface area contributed by atoms with E-state index in [4.69, 9.17) is 0 Å². The van der Waals surface area contributed by atoms with Gasteiger partial charge in [-0.15, -0.1) is 11.8 Å². The highest BCUT2D eigenvalue weighted by atomic mass is 32.2. The first-order valence-corrected chi connectivity index (χ1v) is 6.65. The predicted molar refractivity (Wildman–Crippen MR) is 66.4 cm³/mol. The van der Waals surface area contributed by atoms with Crippen LogP contribution in [0.2, 0.25) is 0 Å². The van der Waals surface area contributed by atoms with Crippen molar-refractivity contribution in [2.24, 2.45) is 0 Å². The molecule has 1 unspecified atom stereocenters. The Morgan fingerprint density at radius 2 is 2.12 bits per heavy atom. The fourth-order valence-corrected chi connectivity index (χ4v) is 2.39. The predicted octanol–water partition coefficient (Wildman–Crippen LogP) is 1.86. The summed E-state index contributed by atoms with van der Waals surface area (Å²) in [4.78, 5) is 14.7. The molecule has 3 nitrogen and oxygen atoms in total. The van der Waals surface area contributed by atoms with Gasteiger partial charge in [-0.2, -0.15) is 0 Å². The van der Waals surface area contributed by atoms with Crippen molar-refractivity contribution in [3.63, 3.8) is 0 Å². The van der Waals surface area contributed by atoms with Gasteiger partial charge in [-0.1, -0.05) is 12.1 Å². The standard InChI is InChI=1S/C12H16N2OS/c1-3-14-11(15)8-13-12(14)9-4-6-10(16-2)7-5-9/h4-7,12-13H,3,8H2,1-2H3. The third kappa shape index (κ3) is 2.08. The highest BCUT2D eigenvalue weighted by molar-refractivity contribution is 7.98. The summed E-state index contributed by atoms with van der Waals surface area (Å²) in [6, 6.07) is 8.37. The maximum Gasteiger partial charge on any atom is 0.238 e. The lowest BCUT2D eigenvalue weighted by Crippen LogP contribution is -2.29. The number of rotatable bonds is 3. The third-order valence-corrected chi connectivity index (χ3v) is 3.59. The van der Waals surface area contributed by atoms with Gasteiger partial charge in [0.25, 0.3) is 0 Å². The number of amides is 1. The van der Waals surface area contributed by atoms with Crippen molar-refractivity contribution in [3.05, 3.63) is 29.8 Å². The van der Waals surface area contributed by atoms with Gasteiger partial charge < -0.3 is 4.90 Å². The van der Waals surface area contributed by atoms with Crippen LogP contribution in [-0.4, -0.2) is 30.2 Å². The molecule has 1 N–H and O–H groups in total. The van der Waals surface area contributed by atoms with Crippen LogP contribution in [0.15, 0.2) is 29.2 Å². The van der Waals surface area contributed by atoms with Crippen LogP contribution in [0.25, 0.3) is 0 Å². The number of thioether (sulfide) groups is 1. The van der Waals surface area contributed by atoms with E-state index in [1.807, 2.05) is 11.8 Å². The molecule has 1 aromatic carbocycles. The Kier molecular flexibility index (Phi) is 3.51. The van der Waals surface area contributed by atoms with Gasteiger partial charge in [0.05, 0.1) is 6.54 Å². The molecule has 4 heteroatoms. The molecule has 0 spiro atoms. The topological polar surface area (TPSA) is 32.3 Å². The first-order chi connectivity index (χ1) is 7.76. The summed E-state index contributed by atoms with van der Waals surface area (Å²) in [5, 5.41) is 3.23. The van der Waals surface area contributed by atoms with Crippen LogP contribution < -0.4 is 5.32 Å². The van der Waals surface area contributed by atoms with E-state index in [1.54, 1.807) is 11.8 Å². The second kappa shape index (κ2) is 4.89. The molecular formula is C12H16N2OS. The van der Waals surface area contributed by atoms with Crippen molar-refractivity contribution < 1.29 is 4.79 Å². The van der Waals surface area contributed by atoms with Crippen LogP contribution in [0.4, 0.5) is 0 Å². The normalized spacial score (nSPS) is 20.5. The minimum Gasteiger partial charge on any atom is -0.322 e. The van der Waals surface area contributed by atoms with Crippen molar-refractivity contribution in [3.8, 4) is 0 Å². The monoisotopic (exact) mass is 236 g/mol. The zero-order chi connectivity index (χ0) is 11.5. The van der Waals surface area contributed by atoms with Gasteiger partial charge in [0.2, 0.25) is 5.91 Å². The molecule has 1 aromatic rings. The number of hydrogen-bond donors (Lipinski definition) is 1. The first-order valence-electron chi connectivity index (χ1n) is 5.43. The zero-order valence-electron chi connectivity index (χ0n) is 9.56. The summed E-state index contributed by atoms with van der Waals surface area (Å²) in [6.07, 6.45) is 2.11. The van der Waals surface area contributed by atoms with Crippen LogP contribution in [0, 0.1) is 0 Å². The Morgan fingerprint density at radius 1 is 1.44 bits per heavy atom. The number of nitrogens with zero attached hydrogens (tertiary/aromatic N) is 1. The molecule has 0 saturated carbocycles. The quantitative estimate of drug-likeness (QED) is 0.813. The molecule has 1 amide bonds. The minimum atomic E-state index is 0.0495. The average Bonchev–Trinajstić information content (AvgIpc) is 2.70. The molecule has 1 atom stereocenters. The van der Waals surface area contributed by atoms with Crippen LogP contribution in [0.1, 0.15) is 18.7 Å². The number of carbonyl (C=O) groups is 1. The molecule has 1 fully saturated rings. The largest absolute Gasteiger partial charge is 0.322 e. The molecule has 1 saturated heterocycles. The molecule has 1 aliphatic heterocycles. The second-order valence-electron chi connectivity index (χ2n) is 3.74. The van der Waals surface area contributed by atoms with Crippen LogP contribution in [0.3, 0.4) is 0 Å². The lowest BCUT2D eigenvalue weighted by atomic mass is 10.1. The fourth-order valence-electron chi connectivity index (χ4n) is 1.98. The maximum atomic E-state index is 11.6. The third-order valence-electron chi connectivity index (χ3n) is 2.85. The van der Waals surface area contributed by atoms with E-state index < -0.39 is 0 Å². The Labute approximate surface area is 100 Å². The van der Waals surface area contributed by atoms with Gasteiger partial charge in [-0.3, -0.25) is 10.1 Å². The van der Waals surface area contributed by atoms with E-state index >= 15 is 0 Å². The summed E-state index contributed by atoms with van der Waals surface area (Å²) >= 11 is 1.73. The minimum absolute atomic E-state index is 0.0495. The van der Waals surface area contributed by atoms with Gasteiger partial charge in [0, 0.05) is 11.4 Å². The Morgan fingerprint density at radius 3 is 2.69 bits per heavy atom. The van der Waals surface area contributed by atoms with Crippen LogP contribution >= 0.6 is 11.8 Å². The van der Waals surface area contributed by atoms with Gasteiger partial charge in [-0.05, 0) is 30.9 Å². The number of nitrogens with one attached hydrogen (secondary N) is 1. The number of hydrogen-bond acceptors (Lipinski definition) is 3. The molecule has 0 radical (unpaired) electrons. The van der Waals surface area contributed by atoms with Crippen LogP contribution in [0.5, 0.6) is 0 Å². The first kappa shape index (κ1) is 11.5. The van der Waals surface area contributed by atoms with Gasteiger partial charge >= 0.3 is 0 Å². The summed E-state index contributed by atoms with van der Waals surface area (Å²) in [6.45, 7) is 3.21. The van der Waals surface area contributed by atoms with Gasteiger partial charge in [0.1, 0.15) is 6.17 Å². The number of likely N-dealkylation sites (N-methyl/N-ethyl adjacent to an activating group) is 1. The highest BCUT2D eigenvalue weighted by Crippen LogP contribution is 2.24. The van der Waals surface area contributed by atoms with Crippen molar-refractivity contribution >= 4 is 17.7 Å². The van der Waals surface area contributed by atoms with Crippen molar-refractivity contribution in [2.75, 3.05) is 19.3 Å². The summed E-state index contributed by atoms with van der Waals surface area (Å²) in [5.41, 5.74) is 1.16. The smallest absolute Gasteiger partial charge is 0.238 e. The van der Waals surface area contributed by atoms with Crippen molar-refractivity contribution in [1.29, 1.82) is 0 Å². The lowest BCUT2D eigenvalue weighted by molar-refractivity contribution is -0.127. The zero-order valence-corrected chi connectivity index (χ0v) is 10.4. The van der Waals surface area contributed by atoms with E-state index in [0.29, 0.717) is 6.54 Å². The van der Waals surface area contributed by atoms with Crippen molar-refractivity contribution in [2.45, 2.75) is 18.0 Å². The molecule has 2 rings (SSSR count). The molecule has 0 bridgehead atoms. The molecular weight excluding hydrogens is 220 g/mol. The van der Waals surface area contributed by atoms with Gasteiger partial charge in [-0.25, -0.2) is 0 Å². The molecule has 1 aliphatic rings. The van der Waals surface area contributed by atoms with E-state index in [2.05, 4.69) is 35.8 Å². The number of benzene rings is 1. The van der Waals surface area contributed by atoms with E-state index in [9.17, 15) is 4.79 Å². The molecule has 0 aromatic heterocycles. The van der Waals surface area contributed by atoms with E-state index in [-0.39, 0.29) is 12.1 Å². The average molecular weight is 236 g/mol. The number of carbonyl (C=O) groups excluding carboxylic acids is 1. The summed E-state index contributed by atoms with van der Waals surface area (Å²) in [7, 11) is 0. The molecule has 86 valence electrons. The Balaban J connectivity index is 2.20.